The van der Waals surface area contributed by atoms with E-state index in [4.69, 9.17) is 16.3 Å². The Morgan fingerprint density at radius 2 is 2.31 bits per heavy atom. The first-order chi connectivity index (χ1) is 7.25. The predicted molar refractivity (Wildman–Crippen MR) is 72.9 cm³/mol. The summed E-state index contributed by atoms with van der Waals surface area (Å²) in [7, 11) is 0. The minimum Gasteiger partial charge on any atom is -0.492 e. The SMILES string of the molecule is Cl.Clc1ccc(OCC2CCNC2)c(Br)c1. The fourth-order valence-corrected chi connectivity index (χ4v) is 2.45. The van der Waals surface area contributed by atoms with Crippen LogP contribution in [0, 0.1) is 5.92 Å². The van der Waals surface area contributed by atoms with Gasteiger partial charge in [-0.2, -0.15) is 0 Å². The smallest absolute Gasteiger partial charge is 0.133 e. The van der Waals surface area contributed by atoms with E-state index in [0.717, 1.165) is 34.9 Å². The van der Waals surface area contributed by atoms with Crippen molar-refractivity contribution in [2.24, 2.45) is 5.92 Å². The molecule has 5 heteroatoms. The van der Waals surface area contributed by atoms with Gasteiger partial charge in [0, 0.05) is 17.5 Å². The molecule has 0 saturated carbocycles. The summed E-state index contributed by atoms with van der Waals surface area (Å²) >= 11 is 9.28. The zero-order valence-corrected chi connectivity index (χ0v) is 11.9. The van der Waals surface area contributed by atoms with Gasteiger partial charge in [-0.25, -0.2) is 0 Å². The summed E-state index contributed by atoms with van der Waals surface area (Å²) < 4.78 is 6.65. The number of benzene rings is 1. The summed E-state index contributed by atoms with van der Waals surface area (Å²) in [5.74, 6) is 1.50. The van der Waals surface area contributed by atoms with Crippen LogP contribution < -0.4 is 10.1 Å². The molecule has 1 aromatic rings. The highest BCUT2D eigenvalue weighted by molar-refractivity contribution is 9.10. The molecule has 1 fully saturated rings. The van der Waals surface area contributed by atoms with E-state index in [1.165, 1.54) is 6.42 Å². The molecule has 16 heavy (non-hydrogen) atoms. The van der Waals surface area contributed by atoms with Crippen LogP contribution in [0.4, 0.5) is 0 Å². The topological polar surface area (TPSA) is 21.3 Å². The molecule has 90 valence electrons. The minimum atomic E-state index is 0. The van der Waals surface area contributed by atoms with E-state index in [1.807, 2.05) is 18.2 Å². The highest BCUT2D eigenvalue weighted by Crippen LogP contribution is 2.28. The molecule has 2 nitrogen and oxygen atoms in total. The van der Waals surface area contributed by atoms with Crippen LogP contribution in [0.1, 0.15) is 6.42 Å². The highest BCUT2D eigenvalue weighted by atomic mass is 79.9. The first-order valence-electron chi connectivity index (χ1n) is 5.04. The molecule has 0 radical (unpaired) electrons. The van der Waals surface area contributed by atoms with Crippen molar-refractivity contribution < 1.29 is 4.74 Å². The van der Waals surface area contributed by atoms with Gasteiger partial charge in [-0.1, -0.05) is 11.6 Å². The zero-order chi connectivity index (χ0) is 10.7. The van der Waals surface area contributed by atoms with Crippen LogP contribution >= 0.6 is 39.9 Å². The van der Waals surface area contributed by atoms with Crippen LogP contribution in [-0.4, -0.2) is 19.7 Å². The summed E-state index contributed by atoms with van der Waals surface area (Å²) in [4.78, 5) is 0. The normalized spacial score (nSPS) is 19.2. The number of ether oxygens (including phenoxy) is 1. The first kappa shape index (κ1) is 14.1. The number of hydrogen-bond donors (Lipinski definition) is 1. The summed E-state index contributed by atoms with van der Waals surface area (Å²) in [6.45, 7) is 2.94. The Morgan fingerprint density at radius 3 is 2.94 bits per heavy atom. The van der Waals surface area contributed by atoms with Gasteiger partial charge in [0.1, 0.15) is 5.75 Å². The molecule has 2 rings (SSSR count). The van der Waals surface area contributed by atoms with Crippen LogP contribution in [0.15, 0.2) is 22.7 Å². The standard InChI is InChI=1S/C11H13BrClNO.ClH/c12-10-5-9(13)1-2-11(10)15-7-8-3-4-14-6-8;/h1-2,5,8,14H,3-4,6-7H2;1H. The second-order valence-corrected chi connectivity index (χ2v) is 5.04. The van der Waals surface area contributed by atoms with Crippen LogP contribution in [0.25, 0.3) is 0 Å². The van der Waals surface area contributed by atoms with Crippen LogP contribution in [0.2, 0.25) is 5.02 Å². The van der Waals surface area contributed by atoms with Crippen LogP contribution in [0.5, 0.6) is 5.75 Å². The zero-order valence-electron chi connectivity index (χ0n) is 8.71. The monoisotopic (exact) mass is 325 g/mol. The Morgan fingerprint density at radius 1 is 1.50 bits per heavy atom. The number of hydrogen-bond acceptors (Lipinski definition) is 2. The van der Waals surface area contributed by atoms with Crippen molar-refractivity contribution in [1.82, 2.24) is 5.32 Å². The van der Waals surface area contributed by atoms with E-state index in [-0.39, 0.29) is 12.4 Å². The lowest BCUT2D eigenvalue weighted by molar-refractivity contribution is 0.258. The van der Waals surface area contributed by atoms with Crippen LogP contribution in [-0.2, 0) is 0 Å². The molecule has 1 N–H and O–H groups in total. The van der Waals surface area contributed by atoms with E-state index in [0.29, 0.717) is 5.92 Å². The fourth-order valence-electron chi connectivity index (χ4n) is 1.66. The van der Waals surface area contributed by atoms with Gasteiger partial charge >= 0.3 is 0 Å². The highest BCUT2D eigenvalue weighted by Gasteiger charge is 2.15. The molecule has 0 aliphatic carbocycles. The summed E-state index contributed by atoms with van der Waals surface area (Å²) in [6.07, 6.45) is 1.20. The average Bonchev–Trinajstić information content (AvgIpc) is 2.69. The second-order valence-electron chi connectivity index (χ2n) is 3.74. The quantitative estimate of drug-likeness (QED) is 0.917. The predicted octanol–water partition coefficient (Wildman–Crippen LogP) is 3.51. The second kappa shape index (κ2) is 6.70. The van der Waals surface area contributed by atoms with Gasteiger partial charge in [-0.15, -0.1) is 12.4 Å². The molecule has 0 spiro atoms. The Hall–Kier alpha value is 0.0400. The summed E-state index contributed by atoms with van der Waals surface area (Å²) in [6, 6.07) is 5.59. The number of nitrogens with one attached hydrogen (secondary N) is 1. The van der Waals surface area contributed by atoms with Crippen molar-refractivity contribution in [2.75, 3.05) is 19.7 Å². The molecule has 1 saturated heterocycles. The molecule has 1 aliphatic heterocycles. The molecule has 1 aromatic carbocycles. The van der Waals surface area contributed by atoms with Crippen molar-refractivity contribution in [3.8, 4) is 5.75 Å². The van der Waals surface area contributed by atoms with E-state index in [9.17, 15) is 0 Å². The fraction of sp³-hybridized carbons (Fsp3) is 0.455. The van der Waals surface area contributed by atoms with Gasteiger partial charge in [0.15, 0.2) is 0 Å². The molecular weight excluding hydrogens is 313 g/mol. The molecular formula is C11H14BrCl2NO. The van der Waals surface area contributed by atoms with E-state index >= 15 is 0 Å². The van der Waals surface area contributed by atoms with Crippen molar-refractivity contribution in [1.29, 1.82) is 0 Å². The Kier molecular flexibility index (Phi) is 5.90. The molecule has 0 amide bonds. The molecule has 1 atom stereocenters. The lowest BCUT2D eigenvalue weighted by Crippen LogP contribution is -2.15. The van der Waals surface area contributed by atoms with Crippen molar-refractivity contribution in [3.63, 3.8) is 0 Å². The maximum atomic E-state index is 5.85. The Bertz CT molecular complexity index is 343. The van der Waals surface area contributed by atoms with E-state index in [2.05, 4.69) is 21.2 Å². The molecule has 1 unspecified atom stereocenters. The van der Waals surface area contributed by atoms with Crippen molar-refractivity contribution in [3.05, 3.63) is 27.7 Å². The first-order valence-corrected chi connectivity index (χ1v) is 6.21. The summed E-state index contributed by atoms with van der Waals surface area (Å²) in [5.41, 5.74) is 0. The Labute approximate surface area is 115 Å². The molecule has 0 aromatic heterocycles. The van der Waals surface area contributed by atoms with Gasteiger partial charge in [0.05, 0.1) is 11.1 Å². The van der Waals surface area contributed by atoms with Gasteiger partial charge in [0.2, 0.25) is 0 Å². The number of rotatable bonds is 3. The largest absolute Gasteiger partial charge is 0.492 e. The maximum absolute atomic E-state index is 5.85. The summed E-state index contributed by atoms with van der Waals surface area (Å²) in [5, 5.41) is 4.04. The van der Waals surface area contributed by atoms with E-state index < -0.39 is 0 Å². The van der Waals surface area contributed by atoms with Gasteiger partial charge in [0.25, 0.3) is 0 Å². The van der Waals surface area contributed by atoms with Gasteiger partial charge in [-0.3, -0.25) is 0 Å². The van der Waals surface area contributed by atoms with Gasteiger partial charge < -0.3 is 10.1 Å². The molecule has 0 bridgehead atoms. The van der Waals surface area contributed by atoms with Crippen molar-refractivity contribution >= 4 is 39.9 Å². The third kappa shape index (κ3) is 3.81. The third-order valence-electron chi connectivity index (χ3n) is 2.53. The average molecular weight is 327 g/mol. The van der Waals surface area contributed by atoms with Crippen LogP contribution in [0.3, 0.4) is 0 Å². The van der Waals surface area contributed by atoms with Crippen molar-refractivity contribution in [2.45, 2.75) is 6.42 Å². The lowest BCUT2D eigenvalue weighted by atomic mass is 10.1. The Balaban J connectivity index is 0.00000128. The van der Waals surface area contributed by atoms with E-state index in [1.54, 1.807) is 0 Å². The molecule has 1 aliphatic rings. The lowest BCUT2D eigenvalue weighted by Gasteiger charge is -2.12. The molecule has 1 heterocycles. The number of halogens is 3. The maximum Gasteiger partial charge on any atom is 0.133 e. The minimum absolute atomic E-state index is 0. The van der Waals surface area contributed by atoms with Gasteiger partial charge in [-0.05, 0) is 47.1 Å². The third-order valence-corrected chi connectivity index (χ3v) is 3.39.